The molecule has 0 radical (unpaired) electrons. The van der Waals surface area contributed by atoms with Gasteiger partial charge in [-0.2, -0.15) is 0 Å². The molecule has 1 atom stereocenters. The van der Waals surface area contributed by atoms with Crippen LogP contribution < -0.4 is 4.74 Å². The molecule has 1 aliphatic heterocycles. The Labute approximate surface area is 190 Å². The molecule has 0 saturated carbocycles. The number of rotatable bonds is 7. The Balaban J connectivity index is 2.16. The van der Waals surface area contributed by atoms with Crippen LogP contribution in [-0.4, -0.2) is 40.5 Å². The van der Waals surface area contributed by atoms with Crippen molar-refractivity contribution in [1.82, 2.24) is 4.90 Å². The second-order valence-electron chi connectivity index (χ2n) is 7.59. The number of aryl methyl sites for hydroxylation is 1. The maximum absolute atomic E-state index is 13.0. The van der Waals surface area contributed by atoms with Gasteiger partial charge in [0.2, 0.25) is 0 Å². The molecule has 0 aromatic heterocycles. The minimum absolute atomic E-state index is 0.0211. The number of Topliss-reactive ketones (excluding diaryl/α,β-unsaturated/α-hetero) is 1. The third kappa shape index (κ3) is 4.46. The number of hydrogen-bond acceptors (Lipinski definition) is 5. The lowest BCUT2D eigenvalue weighted by atomic mass is 9.94. The highest BCUT2D eigenvalue weighted by Gasteiger charge is 2.46. The van der Waals surface area contributed by atoms with Crippen LogP contribution in [-0.2, 0) is 9.59 Å². The molecule has 3 rings (SSSR count). The molecule has 0 spiro atoms. The van der Waals surface area contributed by atoms with Crippen LogP contribution in [0.15, 0.2) is 46.4 Å². The molecular formula is C24H26BrNO5. The molecule has 0 bridgehead atoms. The zero-order valence-corrected chi connectivity index (χ0v) is 19.4. The van der Waals surface area contributed by atoms with Crippen LogP contribution in [0.3, 0.4) is 0 Å². The third-order valence-corrected chi connectivity index (χ3v) is 6.38. The molecule has 1 aliphatic rings. The molecule has 1 amide bonds. The number of ketones is 1. The summed E-state index contributed by atoms with van der Waals surface area (Å²) in [6.07, 6.45) is 2.62. The number of hydrogen-bond donors (Lipinski definition) is 2. The monoisotopic (exact) mass is 487 g/mol. The SMILES string of the molecule is CCCCCN1C(=O)C(=O)/C(=C(\O)c2ccc(Br)c(C)c2)C1c1ccc(OC)c(O)c1. The molecule has 7 heteroatoms. The highest BCUT2D eigenvalue weighted by molar-refractivity contribution is 9.10. The molecule has 2 aromatic carbocycles. The number of aromatic hydroxyl groups is 1. The summed E-state index contributed by atoms with van der Waals surface area (Å²) in [6.45, 7) is 4.32. The van der Waals surface area contributed by atoms with Crippen molar-refractivity contribution in [2.45, 2.75) is 39.2 Å². The van der Waals surface area contributed by atoms with Crippen molar-refractivity contribution >= 4 is 33.4 Å². The Morgan fingerprint density at radius 3 is 2.52 bits per heavy atom. The van der Waals surface area contributed by atoms with E-state index in [1.165, 1.54) is 18.1 Å². The van der Waals surface area contributed by atoms with E-state index in [2.05, 4.69) is 22.9 Å². The first kappa shape index (κ1) is 22.9. The van der Waals surface area contributed by atoms with Crippen LogP contribution >= 0.6 is 15.9 Å². The summed E-state index contributed by atoms with van der Waals surface area (Å²) in [5.74, 6) is -1.41. The molecule has 31 heavy (non-hydrogen) atoms. The fourth-order valence-corrected chi connectivity index (χ4v) is 4.06. The van der Waals surface area contributed by atoms with Crippen LogP contribution in [0.4, 0.5) is 0 Å². The van der Waals surface area contributed by atoms with Crippen molar-refractivity contribution in [1.29, 1.82) is 0 Å². The van der Waals surface area contributed by atoms with E-state index in [0.717, 1.165) is 29.3 Å². The average molecular weight is 488 g/mol. The highest BCUT2D eigenvalue weighted by atomic mass is 79.9. The van der Waals surface area contributed by atoms with Gasteiger partial charge in [0.1, 0.15) is 5.76 Å². The number of phenolic OH excluding ortho intramolecular Hbond substituents is 1. The highest BCUT2D eigenvalue weighted by Crippen LogP contribution is 2.42. The minimum atomic E-state index is -0.794. The van der Waals surface area contributed by atoms with Crippen LogP contribution in [0, 0.1) is 6.92 Å². The van der Waals surface area contributed by atoms with Gasteiger partial charge in [-0.3, -0.25) is 9.59 Å². The van der Waals surface area contributed by atoms with Gasteiger partial charge in [-0.1, -0.05) is 47.8 Å². The number of carbonyl (C=O) groups is 2. The van der Waals surface area contributed by atoms with Gasteiger partial charge in [-0.25, -0.2) is 0 Å². The number of benzene rings is 2. The second-order valence-corrected chi connectivity index (χ2v) is 8.45. The van der Waals surface area contributed by atoms with Crippen LogP contribution in [0.2, 0.25) is 0 Å². The van der Waals surface area contributed by atoms with Gasteiger partial charge >= 0.3 is 0 Å². The quantitative estimate of drug-likeness (QED) is 0.246. The van der Waals surface area contributed by atoms with Gasteiger partial charge in [-0.15, -0.1) is 0 Å². The zero-order chi connectivity index (χ0) is 22.7. The van der Waals surface area contributed by atoms with Crippen LogP contribution in [0.25, 0.3) is 5.76 Å². The van der Waals surface area contributed by atoms with E-state index in [4.69, 9.17) is 4.74 Å². The fourth-order valence-electron chi connectivity index (χ4n) is 3.81. The Hall–Kier alpha value is -2.80. The van der Waals surface area contributed by atoms with E-state index in [9.17, 15) is 19.8 Å². The summed E-state index contributed by atoms with van der Waals surface area (Å²) in [6, 6.07) is 9.20. The standard InChI is InChI=1S/C24H26BrNO5/c1-4-5-6-11-26-21(15-8-10-19(31-3)18(27)13-15)20(23(29)24(26)30)22(28)16-7-9-17(25)14(2)12-16/h7-10,12-13,21,27-28H,4-6,11H2,1-3H3/b22-20-. The largest absolute Gasteiger partial charge is 0.507 e. The van der Waals surface area contributed by atoms with Crippen LogP contribution in [0.1, 0.15) is 48.9 Å². The Morgan fingerprint density at radius 1 is 1.16 bits per heavy atom. The number of nitrogens with zero attached hydrogens (tertiary/aromatic N) is 1. The molecule has 2 N–H and O–H groups in total. The third-order valence-electron chi connectivity index (χ3n) is 5.49. The molecule has 1 unspecified atom stereocenters. The lowest BCUT2D eigenvalue weighted by Crippen LogP contribution is -2.30. The molecule has 164 valence electrons. The number of methoxy groups -OCH3 is 1. The van der Waals surface area contributed by atoms with E-state index in [-0.39, 0.29) is 22.8 Å². The van der Waals surface area contributed by atoms with Crippen LogP contribution in [0.5, 0.6) is 11.5 Å². The van der Waals surface area contributed by atoms with E-state index >= 15 is 0 Å². The summed E-state index contributed by atoms with van der Waals surface area (Å²) >= 11 is 3.43. The first-order valence-electron chi connectivity index (χ1n) is 10.2. The molecule has 1 fully saturated rings. The normalized spacial score (nSPS) is 17.9. The van der Waals surface area contributed by atoms with Crippen molar-refractivity contribution in [2.24, 2.45) is 0 Å². The summed E-state index contributed by atoms with van der Waals surface area (Å²) in [7, 11) is 1.45. The van der Waals surface area contributed by atoms with E-state index < -0.39 is 17.7 Å². The first-order valence-corrected chi connectivity index (χ1v) is 11.0. The van der Waals surface area contributed by atoms with Gasteiger partial charge in [0.05, 0.1) is 18.7 Å². The number of phenols is 1. The molecule has 0 aliphatic carbocycles. The number of likely N-dealkylation sites (tertiary alicyclic amines) is 1. The van der Waals surface area contributed by atoms with Gasteiger partial charge < -0.3 is 19.8 Å². The number of ether oxygens (including phenoxy) is 1. The van der Waals surface area contributed by atoms with E-state index in [1.54, 1.807) is 30.3 Å². The van der Waals surface area contributed by atoms with Gasteiger partial charge in [-0.05, 0) is 48.7 Å². The smallest absolute Gasteiger partial charge is 0.295 e. The maximum atomic E-state index is 13.0. The Morgan fingerprint density at radius 2 is 1.90 bits per heavy atom. The Bertz CT molecular complexity index is 1050. The number of aliphatic hydroxyl groups excluding tert-OH is 1. The molecule has 6 nitrogen and oxygen atoms in total. The number of amides is 1. The minimum Gasteiger partial charge on any atom is -0.507 e. The van der Waals surface area contributed by atoms with Gasteiger partial charge in [0.15, 0.2) is 11.5 Å². The van der Waals surface area contributed by atoms with E-state index in [1.807, 2.05) is 6.92 Å². The maximum Gasteiger partial charge on any atom is 0.295 e. The topological polar surface area (TPSA) is 87.1 Å². The predicted molar refractivity (Wildman–Crippen MR) is 122 cm³/mol. The lowest BCUT2D eigenvalue weighted by molar-refractivity contribution is -0.139. The molecular weight excluding hydrogens is 462 g/mol. The lowest BCUT2D eigenvalue weighted by Gasteiger charge is -2.25. The average Bonchev–Trinajstić information content (AvgIpc) is 3.00. The first-order chi connectivity index (χ1) is 14.8. The van der Waals surface area contributed by atoms with Crippen molar-refractivity contribution in [3.8, 4) is 11.5 Å². The fraction of sp³-hybridized carbons (Fsp3) is 0.333. The summed E-state index contributed by atoms with van der Waals surface area (Å²) in [5.41, 5.74) is 1.90. The zero-order valence-electron chi connectivity index (χ0n) is 17.8. The second kappa shape index (κ2) is 9.56. The molecule has 1 saturated heterocycles. The summed E-state index contributed by atoms with van der Waals surface area (Å²) < 4.78 is 5.99. The number of aliphatic hydroxyl groups is 1. The summed E-state index contributed by atoms with van der Waals surface area (Å²) in [4.78, 5) is 27.4. The van der Waals surface area contributed by atoms with Crippen molar-refractivity contribution in [3.05, 3.63) is 63.1 Å². The van der Waals surface area contributed by atoms with Gasteiger partial charge in [0.25, 0.3) is 11.7 Å². The predicted octanol–water partition coefficient (Wildman–Crippen LogP) is 5.08. The van der Waals surface area contributed by atoms with E-state index in [0.29, 0.717) is 17.7 Å². The van der Waals surface area contributed by atoms with Crippen molar-refractivity contribution in [2.75, 3.05) is 13.7 Å². The van der Waals surface area contributed by atoms with Crippen molar-refractivity contribution in [3.63, 3.8) is 0 Å². The summed E-state index contributed by atoms with van der Waals surface area (Å²) in [5, 5.41) is 21.4. The molecule has 1 heterocycles. The number of carbonyl (C=O) groups excluding carboxylic acids is 2. The molecule has 2 aromatic rings. The Kier molecular flexibility index (Phi) is 7.05. The number of halogens is 1. The van der Waals surface area contributed by atoms with Crippen molar-refractivity contribution < 1.29 is 24.5 Å². The number of unbranched alkanes of at least 4 members (excludes halogenated alkanes) is 2. The van der Waals surface area contributed by atoms with Gasteiger partial charge in [0, 0.05) is 16.6 Å².